The molecule has 2 amide bonds. The zero-order valence-electron chi connectivity index (χ0n) is 13.8. The van der Waals surface area contributed by atoms with Gasteiger partial charge in [0.05, 0.1) is 10.6 Å². The molecule has 3 atom stereocenters. The predicted octanol–water partition coefficient (Wildman–Crippen LogP) is 3.40. The van der Waals surface area contributed by atoms with Crippen molar-refractivity contribution in [1.82, 2.24) is 10.6 Å². The van der Waals surface area contributed by atoms with Crippen LogP contribution >= 0.6 is 11.6 Å². The molecule has 0 spiro atoms. The Kier molecular flexibility index (Phi) is 6.46. The molecular formula is C18H25ClN2O2. The Morgan fingerprint density at radius 3 is 2.70 bits per heavy atom. The third-order valence-electron chi connectivity index (χ3n) is 4.81. The standard InChI is InChI=1S/C18H25ClN2O2/c1-12-6-5-9-16(13(12)2)21-17(22)10-11-20-18(23)14-7-3-4-8-15(14)19/h3-4,7-8,12-13,16H,5-6,9-11H2,1-2H3,(H,20,23)(H,21,22)/t12-,13-,16+/m1/s1. The topological polar surface area (TPSA) is 58.2 Å². The molecule has 0 saturated heterocycles. The molecule has 126 valence electrons. The molecule has 5 heteroatoms. The molecule has 1 saturated carbocycles. The van der Waals surface area contributed by atoms with Crippen LogP contribution in [-0.2, 0) is 4.79 Å². The molecule has 0 radical (unpaired) electrons. The summed E-state index contributed by atoms with van der Waals surface area (Å²) in [6.45, 7) is 4.76. The second-order valence-electron chi connectivity index (χ2n) is 6.43. The number of benzene rings is 1. The first-order valence-corrected chi connectivity index (χ1v) is 8.69. The number of amides is 2. The van der Waals surface area contributed by atoms with E-state index in [1.165, 1.54) is 12.8 Å². The number of halogens is 1. The minimum Gasteiger partial charge on any atom is -0.353 e. The van der Waals surface area contributed by atoms with E-state index < -0.39 is 0 Å². The minimum absolute atomic E-state index is 0.00425. The molecule has 0 bridgehead atoms. The van der Waals surface area contributed by atoms with Crippen LogP contribution in [0.15, 0.2) is 24.3 Å². The third-order valence-corrected chi connectivity index (χ3v) is 5.14. The van der Waals surface area contributed by atoms with Gasteiger partial charge >= 0.3 is 0 Å². The molecule has 2 rings (SSSR count). The van der Waals surface area contributed by atoms with E-state index in [0.29, 0.717) is 29.0 Å². The molecule has 0 heterocycles. The van der Waals surface area contributed by atoms with Gasteiger partial charge in [0.1, 0.15) is 0 Å². The van der Waals surface area contributed by atoms with Crippen molar-refractivity contribution in [3.63, 3.8) is 0 Å². The lowest BCUT2D eigenvalue weighted by atomic mass is 9.78. The monoisotopic (exact) mass is 336 g/mol. The highest BCUT2D eigenvalue weighted by molar-refractivity contribution is 6.33. The summed E-state index contributed by atoms with van der Waals surface area (Å²) in [5.74, 6) is 0.901. The van der Waals surface area contributed by atoms with Gasteiger partial charge < -0.3 is 10.6 Å². The molecule has 1 aliphatic carbocycles. The summed E-state index contributed by atoms with van der Waals surface area (Å²) in [6.07, 6.45) is 3.73. The van der Waals surface area contributed by atoms with Crippen molar-refractivity contribution in [2.24, 2.45) is 11.8 Å². The van der Waals surface area contributed by atoms with Gasteiger partial charge in [0.15, 0.2) is 0 Å². The fraction of sp³-hybridized carbons (Fsp3) is 0.556. The Morgan fingerprint density at radius 2 is 1.96 bits per heavy atom. The van der Waals surface area contributed by atoms with Gasteiger partial charge in [0, 0.05) is 19.0 Å². The van der Waals surface area contributed by atoms with Gasteiger partial charge in [0.25, 0.3) is 5.91 Å². The lowest BCUT2D eigenvalue weighted by molar-refractivity contribution is -0.122. The van der Waals surface area contributed by atoms with Crippen molar-refractivity contribution in [3.8, 4) is 0 Å². The molecule has 1 fully saturated rings. The highest BCUT2D eigenvalue weighted by atomic mass is 35.5. The van der Waals surface area contributed by atoms with Crippen LogP contribution < -0.4 is 10.6 Å². The van der Waals surface area contributed by atoms with E-state index in [9.17, 15) is 9.59 Å². The molecule has 0 unspecified atom stereocenters. The highest BCUT2D eigenvalue weighted by Gasteiger charge is 2.27. The maximum atomic E-state index is 12.1. The van der Waals surface area contributed by atoms with Crippen LogP contribution in [0.2, 0.25) is 5.02 Å². The Bertz CT molecular complexity index is 562. The first kappa shape index (κ1) is 17.8. The van der Waals surface area contributed by atoms with E-state index >= 15 is 0 Å². The van der Waals surface area contributed by atoms with Crippen molar-refractivity contribution in [1.29, 1.82) is 0 Å². The van der Waals surface area contributed by atoms with Gasteiger partial charge in [-0.25, -0.2) is 0 Å². The highest BCUT2D eigenvalue weighted by Crippen LogP contribution is 2.29. The first-order chi connectivity index (χ1) is 11.0. The fourth-order valence-electron chi connectivity index (χ4n) is 3.09. The van der Waals surface area contributed by atoms with E-state index in [-0.39, 0.29) is 24.3 Å². The summed E-state index contributed by atoms with van der Waals surface area (Å²) in [5, 5.41) is 6.27. The molecular weight excluding hydrogens is 312 g/mol. The fourth-order valence-corrected chi connectivity index (χ4v) is 3.32. The summed E-state index contributed by atoms with van der Waals surface area (Å²) in [7, 11) is 0. The van der Waals surface area contributed by atoms with Crippen LogP contribution in [0, 0.1) is 11.8 Å². The third kappa shape index (κ3) is 4.96. The largest absolute Gasteiger partial charge is 0.353 e. The van der Waals surface area contributed by atoms with Crippen molar-refractivity contribution in [2.75, 3.05) is 6.54 Å². The summed E-state index contributed by atoms with van der Waals surface area (Å²) in [4.78, 5) is 24.1. The molecule has 4 nitrogen and oxygen atoms in total. The zero-order chi connectivity index (χ0) is 16.8. The average molecular weight is 337 g/mol. The minimum atomic E-state index is -0.247. The molecule has 1 aromatic rings. The van der Waals surface area contributed by atoms with E-state index in [1.807, 2.05) is 0 Å². The summed E-state index contributed by atoms with van der Waals surface area (Å²) in [6, 6.07) is 7.14. The van der Waals surface area contributed by atoms with Crippen LogP contribution in [0.25, 0.3) is 0 Å². The van der Waals surface area contributed by atoms with Gasteiger partial charge in [-0.15, -0.1) is 0 Å². The average Bonchev–Trinajstić information content (AvgIpc) is 2.52. The normalized spacial score (nSPS) is 24.0. The zero-order valence-corrected chi connectivity index (χ0v) is 14.5. The van der Waals surface area contributed by atoms with Gasteiger partial charge in [-0.2, -0.15) is 0 Å². The van der Waals surface area contributed by atoms with Crippen LogP contribution in [0.1, 0.15) is 49.9 Å². The lowest BCUT2D eigenvalue weighted by Crippen LogP contribution is -2.44. The summed E-state index contributed by atoms with van der Waals surface area (Å²) < 4.78 is 0. The van der Waals surface area contributed by atoms with Crippen LogP contribution in [-0.4, -0.2) is 24.4 Å². The molecule has 23 heavy (non-hydrogen) atoms. The van der Waals surface area contributed by atoms with Crippen molar-refractivity contribution in [3.05, 3.63) is 34.9 Å². The van der Waals surface area contributed by atoms with Crippen molar-refractivity contribution >= 4 is 23.4 Å². The Labute approximate surface area is 143 Å². The van der Waals surface area contributed by atoms with Gasteiger partial charge in [-0.3, -0.25) is 9.59 Å². The van der Waals surface area contributed by atoms with Crippen LogP contribution in [0.3, 0.4) is 0 Å². The molecule has 2 N–H and O–H groups in total. The van der Waals surface area contributed by atoms with Crippen molar-refractivity contribution in [2.45, 2.75) is 45.6 Å². The Hall–Kier alpha value is -1.55. The number of carbonyl (C=O) groups is 2. The van der Waals surface area contributed by atoms with Crippen molar-refractivity contribution < 1.29 is 9.59 Å². The maximum Gasteiger partial charge on any atom is 0.252 e. The maximum absolute atomic E-state index is 12.1. The second kappa shape index (κ2) is 8.34. The molecule has 1 aliphatic rings. The number of nitrogens with one attached hydrogen (secondary N) is 2. The van der Waals surface area contributed by atoms with Gasteiger partial charge in [0.2, 0.25) is 5.91 Å². The summed E-state index contributed by atoms with van der Waals surface area (Å²) in [5.41, 5.74) is 0.435. The number of carbonyl (C=O) groups excluding carboxylic acids is 2. The molecule has 0 aliphatic heterocycles. The quantitative estimate of drug-likeness (QED) is 0.865. The van der Waals surface area contributed by atoms with E-state index in [0.717, 1.165) is 6.42 Å². The van der Waals surface area contributed by atoms with Crippen LogP contribution in [0.5, 0.6) is 0 Å². The number of rotatable bonds is 5. The second-order valence-corrected chi connectivity index (χ2v) is 6.83. The smallest absolute Gasteiger partial charge is 0.252 e. The van der Waals surface area contributed by atoms with E-state index in [4.69, 9.17) is 11.6 Å². The van der Waals surface area contributed by atoms with Gasteiger partial charge in [-0.05, 0) is 30.4 Å². The Morgan fingerprint density at radius 1 is 1.22 bits per heavy atom. The number of hydrogen-bond acceptors (Lipinski definition) is 2. The van der Waals surface area contributed by atoms with Gasteiger partial charge in [-0.1, -0.05) is 50.4 Å². The first-order valence-electron chi connectivity index (χ1n) is 8.31. The molecule has 1 aromatic carbocycles. The predicted molar refractivity (Wildman–Crippen MR) is 92.5 cm³/mol. The Balaban J connectivity index is 1.74. The van der Waals surface area contributed by atoms with Crippen LogP contribution in [0.4, 0.5) is 0 Å². The summed E-state index contributed by atoms with van der Waals surface area (Å²) >= 11 is 5.98. The number of hydrogen-bond donors (Lipinski definition) is 2. The SMILES string of the molecule is C[C@@H]1[C@H](C)CCC[C@@H]1NC(=O)CCNC(=O)c1ccccc1Cl. The van der Waals surface area contributed by atoms with E-state index in [2.05, 4.69) is 24.5 Å². The molecule has 0 aromatic heterocycles. The van der Waals surface area contributed by atoms with E-state index in [1.54, 1.807) is 24.3 Å². The lowest BCUT2D eigenvalue weighted by Gasteiger charge is -2.34.